The number of nitrogens with zero attached hydrogens (tertiary/aromatic N) is 3. The maximum atomic E-state index is 13.0. The minimum atomic E-state index is -3.03. The van der Waals surface area contributed by atoms with E-state index in [1.165, 1.54) is 12.1 Å². The topological polar surface area (TPSA) is 55.2 Å². The van der Waals surface area contributed by atoms with Gasteiger partial charge < -0.3 is 0 Å². The summed E-state index contributed by atoms with van der Waals surface area (Å²) in [4.78, 5) is 2.13. The lowest BCUT2D eigenvalue weighted by Gasteiger charge is -2.37. The van der Waals surface area contributed by atoms with Gasteiger partial charge in [0.25, 0.3) is 0 Å². The molecular formula is C16H20FN3O2S. The van der Waals surface area contributed by atoms with Gasteiger partial charge in [0.05, 0.1) is 22.4 Å². The molecule has 3 rings (SSSR count). The summed E-state index contributed by atoms with van der Waals surface area (Å²) in [5.41, 5.74) is 1.80. The van der Waals surface area contributed by atoms with Crippen LogP contribution in [0.25, 0.3) is 5.69 Å². The minimum absolute atomic E-state index is 0.187. The molecule has 0 spiro atoms. The summed E-state index contributed by atoms with van der Waals surface area (Å²) >= 11 is 0. The molecule has 1 aliphatic rings. The average Bonchev–Trinajstić information content (AvgIpc) is 2.92. The van der Waals surface area contributed by atoms with Gasteiger partial charge in [-0.1, -0.05) is 0 Å². The van der Waals surface area contributed by atoms with Crippen LogP contribution < -0.4 is 0 Å². The zero-order valence-corrected chi connectivity index (χ0v) is 14.1. The molecule has 1 fully saturated rings. The highest BCUT2D eigenvalue weighted by Crippen LogP contribution is 2.24. The predicted octanol–water partition coefficient (Wildman–Crippen LogP) is 2.02. The largest absolute Gasteiger partial charge is 0.296 e. The number of hydrogen-bond acceptors (Lipinski definition) is 4. The lowest BCUT2D eigenvalue weighted by atomic mass is 10.1. The second kappa shape index (κ2) is 5.72. The van der Waals surface area contributed by atoms with Crippen LogP contribution in [-0.4, -0.2) is 46.7 Å². The van der Waals surface area contributed by atoms with Crippen LogP contribution >= 0.6 is 0 Å². The first-order valence-electron chi connectivity index (χ1n) is 7.51. The zero-order valence-electron chi connectivity index (χ0n) is 13.2. The molecule has 7 heteroatoms. The molecule has 0 N–H and O–H groups in total. The van der Waals surface area contributed by atoms with Gasteiger partial charge in [-0.25, -0.2) is 17.5 Å². The van der Waals surface area contributed by atoms with Crippen LogP contribution in [0.2, 0.25) is 0 Å². The molecule has 0 radical (unpaired) electrons. The summed E-state index contributed by atoms with van der Waals surface area (Å²) in [6.45, 7) is 5.25. The molecule has 0 bridgehead atoms. The second-order valence-electron chi connectivity index (χ2n) is 6.56. The lowest BCUT2D eigenvalue weighted by Crippen LogP contribution is -2.52. The fraction of sp³-hybridized carbons (Fsp3) is 0.438. The molecule has 0 aliphatic carbocycles. The van der Waals surface area contributed by atoms with E-state index in [1.807, 2.05) is 6.20 Å². The minimum Gasteiger partial charge on any atom is -0.296 e. The van der Waals surface area contributed by atoms with Gasteiger partial charge in [0.2, 0.25) is 0 Å². The monoisotopic (exact) mass is 337 g/mol. The molecule has 2 aromatic rings. The van der Waals surface area contributed by atoms with E-state index in [0.29, 0.717) is 19.6 Å². The van der Waals surface area contributed by atoms with Crippen molar-refractivity contribution in [3.63, 3.8) is 0 Å². The van der Waals surface area contributed by atoms with E-state index in [-0.39, 0.29) is 11.6 Å². The average molecular weight is 337 g/mol. The second-order valence-corrected chi connectivity index (χ2v) is 9.30. The van der Waals surface area contributed by atoms with E-state index in [0.717, 1.165) is 11.3 Å². The summed E-state index contributed by atoms with van der Waals surface area (Å²) in [6, 6.07) is 6.13. The molecule has 0 amide bonds. The molecule has 23 heavy (non-hydrogen) atoms. The highest BCUT2D eigenvalue weighted by molar-refractivity contribution is 7.92. The SMILES string of the molecule is CC1(C)CN(Cc2cnn(-c3ccc(F)cc3)c2)CCS1(=O)=O. The number of sulfone groups is 1. The van der Waals surface area contributed by atoms with Crippen molar-refractivity contribution in [2.75, 3.05) is 18.8 Å². The standard InChI is InChI=1S/C16H20FN3O2S/c1-16(2)12-19(7-8-23(16,21)22)10-13-9-18-20(11-13)15-5-3-14(17)4-6-15/h3-6,9,11H,7-8,10,12H2,1-2H3. The molecule has 0 saturated carbocycles. The number of halogens is 1. The van der Waals surface area contributed by atoms with E-state index in [9.17, 15) is 12.8 Å². The summed E-state index contributed by atoms with van der Waals surface area (Å²) in [6.07, 6.45) is 3.66. The summed E-state index contributed by atoms with van der Waals surface area (Å²) in [7, 11) is -3.03. The highest BCUT2D eigenvalue weighted by atomic mass is 32.2. The van der Waals surface area contributed by atoms with Crippen molar-refractivity contribution >= 4 is 9.84 Å². The Morgan fingerprint density at radius 1 is 1.26 bits per heavy atom. The normalized spacial score (nSPS) is 20.5. The van der Waals surface area contributed by atoms with Gasteiger partial charge in [-0.05, 0) is 38.1 Å². The van der Waals surface area contributed by atoms with Gasteiger partial charge in [-0.3, -0.25) is 4.90 Å². The Morgan fingerprint density at radius 3 is 2.61 bits per heavy atom. The van der Waals surface area contributed by atoms with Gasteiger partial charge in [0, 0.05) is 31.4 Å². The predicted molar refractivity (Wildman–Crippen MR) is 86.7 cm³/mol. The Kier molecular flexibility index (Phi) is 4.01. The van der Waals surface area contributed by atoms with Crippen LogP contribution in [0.15, 0.2) is 36.7 Å². The van der Waals surface area contributed by atoms with Gasteiger partial charge in [-0.15, -0.1) is 0 Å². The van der Waals surface area contributed by atoms with E-state index in [1.54, 1.807) is 36.9 Å². The molecule has 124 valence electrons. The Morgan fingerprint density at radius 2 is 1.96 bits per heavy atom. The Bertz CT molecular complexity index is 797. The van der Waals surface area contributed by atoms with E-state index in [4.69, 9.17) is 0 Å². The molecule has 5 nitrogen and oxygen atoms in total. The fourth-order valence-corrected chi connectivity index (χ4v) is 4.24. The van der Waals surface area contributed by atoms with Crippen LogP contribution in [0.4, 0.5) is 4.39 Å². The number of rotatable bonds is 3. The first-order valence-corrected chi connectivity index (χ1v) is 9.16. The Labute approximate surface area is 135 Å². The van der Waals surface area contributed by atoms with E-state index in [2.05, 4.69) is 10.00 Å². The first-order chi connectivity index (χ1) is 10.8. The zero-order chi connectivity index (χ0) is 16.7. The maximum Gasteiger partial charge on any atom is 0.157 e. The van der Waals surface area contributed by atoms with Crippen molar-refractivity contribution in [2.24, 2.45) is 0 Å². The van der Waals surface area contributed by atoms with Crippen molar-refractivity contribution in [2.45, 2.75) is 25.1 Å². The van der Waals surface area contributed by atoms with Crippen LogP contribution in [0.3, 0.4) is 0 Å². The third-order valence-electron chi connectivity index (χ3n) is 4.26. The number of benzene rings is 1. The summed E-state index contributed by atoms with van der Waals surface area (Å²) in [5, 5.41) is 4.30. The van der Waals surface area contributed by atoms with Crippen LogP contribution in [0.5, 0.6) is 0 Å². The van der Waals surface area contributed by atoms with Crippen molar-refractivity contribution < 1.29 is 12.8 Å². The number of aromatic nitrogens is 2. The molecule has 1 aromatic carbocycles. The third kappa shape index (κ3) is 3.30. The van der Waals surface area contributed by atoms with Gasteiger partial charge in [0.15, 0.2) is 9.84 Å². The molecular weight excluding hydrogens is 317 g/mol. The number of hydrogen-bond donors (Lipinski definition) is 0. The molecule has 2 heterocycles. The highest BCUT2D eigenvalue weighted by Gasteiger charge is 2.39. The Hall–Kier alpha value is -1.73. The van der Waals surface area contributed by atoms with Gasteiger partial charge in [0.1, 0.15) is 5.82 Å². The van der Waals surface area contributed by atoms with E-state index >= 15 is 0 Å². The van der Waals surface area contributed by atoms with Crippen molar-refractivity contribution in [3.05, 3.63) is 48.0 Å². The third-order valence-corrected chi connectivity index (χ3v) is 6.79. The van der Waals surface area contributed by atoms with Crippen molar-refractivity contribution in [3.8, 4) is 5.69 Å². The summed E-state index contributed by atoms with van der Waals surface area (Å²) in [5.74, 6) is -0.0931. The summed E-state index contributed by atoms with van der Waals surface area (Å²) < 4.78 is 38.0. The van der Waals surface area contributed by atoms with Crippen molar-refractivity contribution in [1.82, 2.24) is 14.7 Å². The van der Waals surface area contributed by atoms with Crippen molar-refractivity contribution in [1.29, 1.82) is 0 Å². The van der Waals surface area contributed by atoms with Gasteiger partial charge in [-0.2, -0.15) is 5.10 Å². The quantitative estimate of drug-likeness (QED) is 0.860. The van der Waals surface area contributed by atoms with Crippen LogP contribution in [-0.2, 0) is 16.4 Å². The molecule has 1 aromatic heterocycles. The molecule has 1 saturated heterocycles. The Balaban J connectivity index is 1.71. The smallest absolute Gasteiger partial charge is 0.157 e. The van der Waals surface area contributed by atoms with Crippen LogP contribution in [0.1, 0.15) is 19.4 Å². The molecule has 1 aliphatic heterocycles. The molecule has 0 unspecified atom stereocenters. The first kappa shape index (κ1) is 16.1. The lowest BCUT2D eigenvalue weighted by molar-refractivity contribution is 0.242. The van der Waals surface area contributed by atoms with Crippen LogP contribution in [0, 0.1) is 5.82 Å². The van der Waals surface area contributed by atoms with E-state index < -0.39 is 14.6 Å². The van der Waals surface area contributed by atoms with Gasteiger partial charge >= 0.3 is 0 Å². The molecule has 0 atom stereocenters. The fourth-order valence-electron chi connectivity index (χ4n) is 2.81. The maximum absolute atomic E-state index is 13.0.